The zero-order valence-electron chi connectivity index (χ0n) is 12.3. The van der Waals surface area contributed by atoms with Gasteiger partial charge in [0.2, 0.25) is 0 Å². The van der Waals surface area contributed by atoms with Crippen LogP contribution in [0.1, 0.15) is 11.1 Å². The number of nitrogens with zero attached hydrogens (tertiary/aromatic N) is 2. The maximum Gasteiger partial charge on any atom is 0.277 e. The van der Waals surface area contributed by atoms with E-state index in [1.807, 2.05) is 36.4 Å². The van der Waals surface area contributed by atoms with Gasteiger partial charge in [-0.2, -0.15) is 0 Å². The molecule has 1 aliphatic heterocycles. The summed E-state index contributed by atoms with van der Waals surface area (Å²) in [5.74, 6) is -0.109. The van der Waals surface area contributed by atoms with Crippen molar-refractivity contribution < 1.29 is 4.79 Å². The molecule has 0 saturated carbocycles. The average Bonchev–Trinajstić information content (AvgIpc) is 2.81. The van der Waals surface area contributed by atoms with Crippen LogP contribution in [0.25, 0.3) is 0 Å². The van der Waals surface area contributed by atoms with Gasteiger partial charge < -0.3 is 4.90 Å². The van der Waals surface area contributed by atoms with Crippen molar-refractivity contribution in [2.45, 2.75) is 4.43 Å². The minimum Gasteiger partial charge on any atom is -0.303 e. The van der Waals surface area contributed by atoms with Gasteiger partial charge in [-0.25, -0.2) is 4.99 Å². The lowest BCUT2D eigenvalue weighted by Gasteiger charge is -2.13. The predicted molar refractivity (Wildman–Crippen MR) is 104 cm³/mol. The van der Waals surface area contributed by atoms with Crippen LogP contribution in [0.2, 0.25) is 5.02 Å². The molecule has 3 nitrogen and oxygen atoms in total. The summed E-state index contributed by atoms with van der Waals surface area (Å²) in [5, 5.41) is 0.625. The number of anilines is 1. The van der Waals surface area contributed by atoms with Gasteiger partial charge in [0.1, 0.15) is 5.71 Å². The van der Waals surface area contributed by atoms with E-state index in [-0.39, 0.29) is 5.91 Å². The van der Waals surface area contributed by atoms with Gasteiger partial charge in [-0.05, 0) is 29.8 Å². The molecule has 1 amide bonds. The molecule has 1 heterocycles. The third kappa shape index (κ3) is 3.19. The summed E-state index contributed by atoms with van der Waals surface area (Å²) in [6.07, 6.45) is 1.71. The highest BCUT2D eigenvalue weighted by Crippen LogP contribution is 2.31. The first-order valence-electron chi connectivity index (χ1n) is 7.10. The largest absolute Gasteiger partial charge is 0.303 e. The van der Waals surface area contributed by atoms with E-state index in [2.05, 4.69) is 34.2 Å². The van der Waals surface area contributed by atoms with E-state index in [1.165, 1.54) is 0 Å². The van der Waals surface area contributed by atoms with Crippen LogP contribution in [-0.2, 0) is 9.22 Å². The Morgan fingerprint density at radius 2 is 2.04 bits per heavy atom. The molecule has 0 aromatic heterocycles. The molecule has 2 aromatic carbocycles. The number of hydrogen-bond donors (Lipinski definition) is 0. The molecule has 23 heavy (non-hydrogen) atoms. The fraction of sp³-hybridized carbons (Fsp3) is 0.111. The molecule has 2 aromatic rings. The number of carbonyl (C=O) groups is 1. The molecule has 0 bridgehead atoms. The van der Waals surface area contributed by atoms with Crippen LogP contribution in [0.15, 0.2) is 60.1 Å². The van der Waals surface area contributed by atoms with E-state index < -0.39 is 0 Å². The van der Waals surface area contributed by atoms with Crippen molar-refractivity contribution in [2.24, 2.45) is 4.99 Å². The molecule has 0 aliphatic carbocycles. The highest BCUT2D eigenvalue weighted by atomic mass is 127. The quantitative estimate of drug-likeness (QED) is 0.380. The second kappa shape index (κ2) is 6.84. The number of amides is 1. The third-order valence-electron chi connectivity index (χ3n) is 3.55. The molecule has 0 unspecified atom stereocenters. The second-order valence-corrected chi connectivity index (χ2v) is 6.33. The molecule has 0 N–H and O–H groups in total. The lowest BCUT2D eigenvalue weighted by Crippen LogP contribution is -2.30. The summed E-state index contributed by atoms with van der Waals surface area (Å²) >= 11 is 8.42. The molecule has 5 heteroatoms. The van der Waals surface area contributed by atoms with Gasteiger partial charge in [0, 0.05) is 21.6 Å². The topological polar surface area (TPSA) is 32.7 Å². The number of benzene rings is 2. The first-order valence-corrected chi connectivity index (χ1v) is 9.00. The van der Waals surface area contributed by atoms with Crippen LogP contribution in [-0.4, -0.2) is 18.2 Å². The minimum absolute atomic E-state index is 0.109. The van der Waals surface area contributed by atoms with Crippen molar-refractivity contribution >= 4 is 57.2 Å². The number of para-hydroxylation sites is 1. The zero-order valence-corrected chi connectivity index (χ0v) is 15.2. The van der Waals surface area contributed by atoms with Crippen LogP contribution in [0.5, 0.6) is 0 Å². The summed E-state index contributed by atoms with van der Waals surface area (Å²) in [7, 11) is 0. The van der Waals surface area contributed by atoms with Crippen molar-refractivity contribution in [3.8, 4) is 0 Å². The molecule has 3 rings (SSSR count). The monoisotopic (exact) mass is 436 g/mol. The Bertz CT molecular complexity index is 816. The molecule has 0 radical (unpaired) electrons. The van der Waals surface area contributed by atoms with Crippen molar-refractivity contribution in [3.63, 3.8) is 0 Å². The predicted octanol–water partition coefficient (Wildman–Crippen LogP) is 4.93. The van der Waals surface area contributed by atoms with Crippen molar-refractivity contribution in [1.29, 1.82) is 0 Å². The van der Waals surface area contributed by atoms with Crippen LogP contribution in [0.3, 0.4) is 0 Å². The van der Waals surface area contributed by atoms with Gasteiger partial charge in [0.15, 0.2) is 0 Å². The molecule has 116 valence electrons. The maximum absolute atomic E-state index is 12.7. The van der Waals surface area contributed by atoms with Gasteiger partial charge >= 0.3 is 0 Å². The van der Waals surface area contributed by atoms with Crippen LogP contribution in [0.4, 0.5) is 11.4 Å². The van der Waals surface area contributed by atoms with Gasteiger partial charge in [-0.15, -0.1) is 6.58 Å². The first-order chi connectivity index (χ1) is 11.1. The van der Waals surface area contributed by atoms with E-state index in [1.54, 1.807) is 17.0 Å². The maximum atomic E-state index is 12.7. The standard InChI is InChI=1S/C18H14ClIN2O/c1-2-7-22-16-6-4-3-5-15(16)17(18(22)23)21-14-9-12(11-20)8-13(19)10-14/h2-6,8-10H,1,7,11H2. The lowest BCUT2D eigenvalue weighted by atomic mass is 10.1. The van der Waals surface area contributed by atoms with Crippen molar-refractivity contribution in [1.82, 2.24) is 0 Å². The third-order valence-corrected chi connectivity index (χ3v) is 4.65. The van der Waals surface area contributed by atoms with E-state index in [0.29, 0.717) is 23.0 Å². The molecule has 0 fully saturated rings. The Morgan fingerprint density at radius 3 is 2.78 bits per heavy atom. The SMILES string of the molecule is C=CCN1C(=O)C(=Nc2cc(Cl)cc(CI)c2)c2ccccc21. The Balaban J connectivity index is 2.11. The number of alkyl halides is 1. The van der Waals surface area contributed by atoms with E-state index >= 15 is 0 Å². The van der Waals surface area contributed by atoms with Crippen molar-refractivity contribution in [3.05, 3.63) is 71.3 Å². The number of aliphatic imine (C=N–C) groups is 1. The normalized spacial score (nSPS) is 15.1. The number of halogens is 2. The number of hydrogen-bond acceptors (Lipinski definition) is 2. The second-order valence-electron chi connectivity index (χ2n) is 5.13. The number of rotatable bonds is 4. The number of fused-ring (bicyclic) bond motifs is 1. The van der Waals surface area contributed by atoms with Gasteiger partial charge in [-0.1, -0.05) is 58.5 Å². The lowest BCUT2D eigenvalue weighted by molar-refractivity contribution is -0.112. The highest BCUT2D eigenvalue weighted by molar-refractivity contribution is 14.1. The first kappa shape index (κ1) is 16.2. The summed E-state index contributed by atoms with van der Waals surface area (Å²) in [5.41, 5.74) is 3.94. The fourth-order valence-corrected chi connectivity index (χ4v) is 3.28. The van der Waals surface area contributed by atoms with E-state index in [9.17, 15) is 4.79 Å². The highest BCUT2D eigenvalue weighted by Gasteiger charge is 2.32. The molecule has 1 aliphatic rings. The average molecular weight is 437 g/mol. The van der Waals surface area contributed by atoms with Crippen LogP contribution >= 0.6 is 34.2 Å². The Morgan fingerprint density at radius 1 is 1.26 bits per heavy atom. The fourth-order valence-electron chi connectivity index (χ4n) is 2.58. The Hall–Kier alpha value is -1.66. The number of carbonyl (C=O) groups excluding carboxylic acids is 1. The van der Waals surface area contributed by atoms with Gasteiger partial charge in [-0.3, -0.25) is 4.79 Å². The summed E-state index contributed by atoms with van der Waals surface area (Å²) in [4.78, 5) is 19.0. The zero-order chi connectivity index (χ0) is 16.4. The Kier molecular flexibility index (Phi) is 4.82. The molecular formula is C18H14ClIN2O. The summed E-state index contributed by atoms with van der Waals surface area (Å²) in [6, 6.07) is 13.3. The minimum atomic E-state index is -0.109. The molecule has 0 saturated heterocycles. The van der Waals surface area contributed by atoms with Crippen molar-refractivity contribution in [2.75, 3.05) is 11.4 Å². The van der Waals surface area contributed by atoms with E-state index in [4.69, 9.17) is 11.6 Å². The van der Waals surface area contributed by atoms with Gasteiger partial charge in [0.25, 0.3) is 5.91 Å². The Labute approximate surface area is 153 Å². The smallest absolute Gasteiger partial charge is 0.277 e. The molecular weight excluding hydrogens is 423 g/mol. The molecule has 0 atom stereocenters. The molecule has 0 spiro atoms. The van der Waals surface area contributed by atoms with E-state index in [0.717, 1.165) is 21.2 Å². The van der Waals surface area contributed by atoms with Crippen LogP contribution < -0.4 is 4.90 Å². The van der Waals surface area contributed by atoms with Gasteiger partial charge in [0.05, 0.1) is 11.4 Å². The summed E-state index contributed by atoms with van der Waals surface area (Å²) < 4.78 is 0.837. The van der Waals surface area contributed by atoms with Crippen LogP contribution in [0, 0.1) is 0 Å². The summed E-state index contributed by atoms with van der Waals surface area (Å²) in [6.45, 7) is 4.18.